The van der Waals surface area contributed by atoms with Gasteiger partial charge in [-0.25, -0.2) is 4.39 Å². The standard InChI is InChI=1S/C14H13F.C7H14/c1-10-3-5-12(6-4-10)14-8-7-13(15)9-11(14)2;1-7-5-3-2-4-6-7/h3-9H,1-2H3;7H,2-6H2,1H3. The zero-order valence-corrected chi connectivity index (χ0v) is 14.0. The van der Waals surface area contributed by atoms with Gasteiger partial charge in [0, 0.05) is 0 Å². The minimum atomic E-state index is -0.177. The molecule has 2 aromatic rings. The second-order valence-electron chi connectivity index (χ2n) is 6.57. The first-order chi connectivity index (χ1) is 10.6. The van der Waals surface area contributed by atoms with Gasteiger partial charge in [-0.05, 0) is 48.6 Å². The van der Waals surface area contributed by atoms with Crippen LogP contribution in [0.4, 0.5) is 4.39 Å². The highest BCUT2D eigenvalue weighted by atomic mass is 19.1. The molecule has 22 heavy (non-hydrogen) atoms. The van der Waals surface area contributed by atoms with Gasteiger partial charge in [0.25, 0.3) is 0 Å². The Labute approximate surface area is 134 Å². The fourth-order valence-corrected chi connectivity index (χ4v) is 2.99. The zero-order valence-electron chi connectivity index (χ0n) is 14.0. The third-order valence-electron chi connectivity index (χ3n) is 4.44. The predicted molar refractivity (Wildman–Crippen MR) is 93.6 cm³/mol. The number of aryl methyl sites for hydroxylation is 2. The summed E-state index contributed by atoms with van der Waals surface area (Å²) in [5.41, 5.74) is 4.44. The maximum Gasteiger partial charge on any atom is 0.123 e. The molecule has 0 N–H and O–H groups in total. The summed E-state index contributed by atoms with van der Waals surface area (Å²) in [6.07, 6.45) is 7.44. The molecule has 0 nitrogen and oxygen atoms in total. The Morgan fingerprint density at radius 3 is 2.00 bits per heavy atom. The van der Waals surface area contributed by atoms with E-state index in [2.05, 4.69) is 38.1 Å². The van der Waals surface area contributed by atoms with Gasteiger partial charge >= 0.3 is 0 Å². The third-order valence-corrected chi connectivity index (χ3v) is 4.44. The zero-order chi connectivity index (χ0) is 15.9. The molecule has 0 aromatic heterocycles. The lowest BCUT2D eigenvalue weighted by molar-refractivity contribution is 0.385. The summed E-state index contributed by atoms with van der Waals surface area (Å²) < 4.78 is 12.9. The van der Waals surface area contributed by atoms with Crippen LogP contribution in [0.15, 0.2) is 42.5 Å². The smallest absolute Gasteiger partial charge is 0.123 e. The summed E-state index contributed by atoms with van der Waals surface area (Å²) in [7, 11) is 0. The molecule has 0 atom stereocenters. The SMILES string of the molecule is CC1CCCCC1.Cc1ccc(-c2ccc(F)cc2C)cc1. The summed E-state index contributed by atoms with van der Waals surface area (Å²) in [4.78, 5) is 0. The Hall–Kier alpha value is -1.63. The summed E-state index contributed by atoms with van der Waals surface area (Å²) in [5.74, 6) is 0.858. The first-order valence-corrected chi connectivity index (χ1v) is 8.39. The molecule has 1 fully saturated rings. The van der Waals surface area contributed by atoms with Crippen LogP contribution in [0.1, 0.15) is 50.2 Å². The number of hydrogen-bond acceptors (Lipinski definition) is 0. The average Bonchev–Trinajstić information content (AvgIpc) is 2.50. The van der Waals surface area contributed by atoms with Crippen molar-refractivity contribution in [2.75, 3.05) is 0 Å². The Bertz CT molecular complexity index is 577. The fraction of sp³-hybridized carbons (Fsp3) is 0.429. The molecule has 0 heterocycles. The minimum absolute atomic E-state index is 0.177. The van der Waals surface area contributed by atoms with E-state index in [-0.39, 0.29) is 5.82 Å². The van der Waals surface area contributed by atoms with Crippen molar-refractivity contribution in [3.05, 3.63) is 59.4 Å². The number of halogens is 1. The van der Waals surface area contributed by atoms with E-state index in [1.54, 1.807) is 6.07 Å². The highest BCUT2D eigenvalue weighted by Gasteiger charge is 2.06. The lowest BCUT2D eigenvalue weighted by Crippen LogP contribution is -1.99. The van der Waals surface area contributed by atoms with Gasteiger partial charge in [-0.15, -0.1) is 0 Å². The van der Waals surface area contributed by atoms with Crippen LogP contribution in [0, 0.1) is 25.6 Å². The van der Waals surface area contributed by atoms with Crippen molar-refractivity contribution in [3.8, 4) is 11.1 Å². The van der Waals surface area contributed by atoms with Crippen molar-refractivity contribution in [2.24, 2.45) is 5.92 Å². The van der Waals surface area contributed by atoms with Crippen molar-refractivity contribution in [2.45, 2.75) is 52.9 Å². The van der Waals surface area contributed by atoms with Crippen LogP contribution in [0.2, 0.25) is 0 Å². The lowest BCUT2D eigenvalue weighted by Gasteiger charge is -2.15. The monoisotopic (exact) mass is 298 g/mol. The van der Waals surface area contributed by atoms with Crippen molar-refractivity contribution < 1.29 is 4.39 Å². The first-order valence-electron chi connectivity index (χ1n) is 8.39. The van der Waals surface area contributed by atoms with Gasteiger partial charge in [0.05, 0.1) is 0 Å². The van der Waals surface area contributed by atoms with Crippen LogP contribution in [0.3, 0.4) is 0 Å². The van der Waals surface area contributed by atoms with E-state index in [0.717, 1.165) is 22.6 Å². The molecule has 1 aliphatic carbocycles. The number of benzene rings is 2. The lowest BCUT2D eigenvalue weighted by atomic mass is 9.91. The van der Waals surface area contributed by atoms with Crippen LogP contribution in [0.25, 0.3) is 11.1 Å². The van der Waals surface area contributed by atoms with Crippen molar-refractivity contribution in [1.29, 1.82) is 0 Å². The van der Waals surface area contributed by atoms with Gasteiger partial charge in [-0.2, -0.15) is 0 Å². The summed E-state index contributed by atoms with van der Waals surface area (Å²) in [5, 5.41) is 0. The first kappa shape index (κ1) is 16.7. The number of rotatable bonds is 1. The molecule has 1 heteroatoms. The highest BCUT2D eigenvalue weighted by molar-refractivity contribution is 5.67. The Kier molecular flexibility index (Phi) is 6.18. The minimum Gasteiger partial charge on any atom is -0.207 e. The molecule has 1 saturated carbocycles. The molecule has 2 aromatic carbocycles. The quantitative estimate of drug-likeness (QED) is 0.549. The number of hydrogen-bond donors (Lipinski definition) is 0. The van der Waals surface area contributed by atoms with Gasteiger partial charge < -0.3 is 0 Å². The Morgan fingerprint density at radius 2 is 1.50 bits per heavy atom. The van der Waals surface area contributed by atoms with E-state index >= 15 is 0 Å². The molecule has 0 bridgehead atoms. The fourth-order valence-electron chi connectivity index (χ4n) is 2.99. The molecular weight excluding hydrogens is 271 g/mol. The Morgan fingerprint density at radius 1 is 0.864 bits per heavy atom. The van der Waals surface area contributed by atoms with Crippen LogP contribution in [-0.4, -0.2) is 0 Å². The van der Waals surface area contributed by atoms with Crippen LogP contribution >= 0.6 is 0 Å². The van der Waals surface area contributed by atoms with Crippen molar-refractivity contribution >= 4 is 0 Å². The molecule has 0 unspecified atom stereocenters. The second kappa shape index (κ2) is 8.12. The molecule has 0 spiro atoms. The van der Waals surface area contributed by atoms with Crippen molar-refractivity contribution in [3.63, 3.8) is 0 Å². The molecule has 0 saturated heterocycles. The van der Waals surface area contributed by atoms with Gasteiger partial charge in [-0.1, -0.05) is 74.9 Å². The Balaban J connectivity index is 0.000000211. The normalized spacial score (nSPS) is 15.1. The molecule has 0 aliphatic heterocycles. The summed E-state index contributed by atoms with van der Waals surface area (Å²) in [6.45, 7) is 6.35. The van der Waals surface area contributed by atoms with Crippen LogP contribution in [0.5, 0.6) is 0 Å². The van der Waals surface area contributed by atoms with E-state index in [4.69, 9.17) is 0 Å². The average molecular weight is 298 g/mol. The molecule has 0 amide bonds. The molecular formula is C21H27F. The molecule has 1 aliphatic rings. The third kappa shape index (κ3) is 4.98. The summed E-state index contributed by atoms with van der Waals surface area (Å²) >= 11 is 0. The van der Waals surface area contributed by atoms with Crippen molar-refractivity contribution in [1.82, 2.24) is 0 Å². The maximum absolute atomic E-state index is 12.9. The van der Waals surface area contributed by atoms with E-state index in [1.165, 1.54) is 43.7 Å². The topological polar surface area (TPSA) is 0 Å². The molecule has 118 valence electrons. The predicted octanol–water partition coefficient (Wildman–Crippen LogP) is 6.70. The largest absolute Gasteiger partial charge is 0.207 e. The maximum atomic E-state index is 12.9. The highest BCUT2D eigenvalue weighted by Crippen LogP contribution is 2.24. The van der Waals surface area contributed by atoms with E-state index in [9.17, 15) is 4.39 Å². The van der Waals surface area contributed by atoms with E-state index < -0.39 is 0 Å². The summed E-state index contributed by atoms with van der Waals surface area (Å²) in [6, 6.07) is 13.2. The van der Waals surface area contributed by atoms with Gasteiger partial charge in [-0.3, -0.25) is 0 Å². The van der Waals surface area contributed by atoms with Gasteiger partial charge in [0.1, 0.15) is 5.82 Å². The van der Waals surface area contributed by atoms with E-state index in [0.29, 0.717) is 0 Å². The molecule has 3 rings (SSSR count). The van der Waals surface area contributed by atoms with Crippen LogP contribution < -0.4 is 0 Å². The van der Waals surface area contributed by atoms with Gasteiger partial charge in [0.15, 0.2) is 0 Å². The van der Waals surface area contributed by atoms with Gasteiger partial charge in [0.2, 0.25) is 0 Å². The molecule has 0 radical (unpaired) electrons. The second-order valence-corrected chi connectivity index (χ2v) is 6.57. The van der Waals surface area contributed by atoms with E-state index in [1.807, 2.05) is 13.0 Å². The van der Waals surface area contributed by atoms with Crippen LogP contribution in [-0.2, 0) is 0 Å².